The summed E-state index contributed by atoms with van der Waals surface area (Å²) in [5, 5.41) is 0. The minimum atomic E-state index is 0.118. The number of benzene rings is 1. The summed E-state index contributed by atoms with van der Waals surface area (Å²) >= 11 is 0. The molecule has 1 rings (SSSR count). The molecule has 0 radical (unpaired) electrons. The van der Waals surface area contributed by atoms with Crippen LogP contribution in [0.15, 0.2) is 24.3 Å². The normalized spacial score (nSPS) is 13.7. The maximum Gasteiger partial charge on any atom is 0.0358 e. The molecule has 1 atom stereocenters. The first-order valence-electron chi connectivity index (χ1n) is 8.66. The number of nitrogens with zero attached hydrogens (tertiary/aromatic N) is 1. The van der Waals surface area contributed by atoms with Crippen molar-refractivity contribution in [3.63, 3.8) is 0 Å². The van der Waals surface area contributed by atoms with Crippen LogP contribution in [-0.2, 0) is 12.8 Å². The third-order valence-corrected chi connectivity index (χ3v) is 5.19. The number of aryl methyl sites for hydroxylation is 1. The Kier molecular flexibility index (Phi) is 7.41. The minimum absolute atomic E-state index is 0.118. The Bertz CT molecular complexity index is 389. The van der Waals surface area contributed by atoms with Crippen LogP contribution >= 0.6 is 0 Å². The lowest BCUT2D eigenvalue weighted by molar-refractivity contribution is 0.0628. The Labute approximate surface area is 131 Å². The minimum Gasteiger partial charge on any atom is -0.326 e. The van der Waals surface area contributed by atoms with Crippen molar-refractivity contribution in [2.24, 2.45) is 5.73 Å². The Morgan fingerprint density at radius 3 is 1.76 bits per heavy atom. The van der Waals surface area contributed by atoms with E-state index in [1.54, 1.807) is 0 Å². The fourth-order valence-electron chi connectivity index (χ4n) is 3.66. The van der Waals surface area contributed by atoms with E-state index in [-0.39, 0.29) is 11.6 Å². The molecule has 0 spiro atoms. The van der Waals surface area contributed by atoms with Crippen LogP contribution in [0.25, 0.3) is 0 Å². The van der Waals surface area contributed by atoms with Gasteiger partial charge in [0.25, 0.3) is 0 Å². The van der Waals surface area contributed by atoms with Crippen LogP contribution in [0, 0.1) is 0 Å². The molecule has 2 nitrogen and oxygen atoms in total. The van der Waals surface area contributed by atoms with E-state index in [0.717, 1.165) is 38.8 Å². The monoisotopic (exact) mass is 290 g/mol. The Morgan fingerprint density at radius 2 is 1.38 bits per heavy atom. The van der Waals surface area contributed by atoms with Crippen LogP contribution in [0.3, 0.4) is 0 Å². The van der Waals surface area contributed by atoms with Gasteiger partial charge >= 0.3 is 0 Å². The summed E-state index contributed by atoms with van der Waals surface area (Å²) < 4.78 is 0. The zero-order valence-corrected chi connectivity index (χ0v) is 14.7. The van der Waals surface area contributed by atoms with Gasteiger partial charge in [0.05, 0.1) is 0 Å². The van der Waals surface area contributed by atoms with Gasteiger partial charge in [0.2, 0.25) is 0 Å². The number of nitrogens with two attached hydrogens (primary N) is 1. The molecule has 0 fully saturated rings. The van der Waals surface area contributed by atoms with Gasteiger partial charge in [0.1, 0.15) is 0 Å². The van der Waals surface area contributed by atoms with Gasteiger partial charge in [-0.25, -0.2) is 0 Å². The van der Waals surface area contributed by atoms with Gasteiger partial charge in [-0.15, -0.1) is 0 Å². The molecule has 0 aliphatic rings. The average Bonchev–Trinajstić information content (AvgIpc) is 2.53. The molecule has 0 amide bonds. The first-order chi connectivity index (χ1) is 10.1. The molecule has 1 unspecified atom stereocenters. The molecule has 0 aliphatic carbocycles. The van der Waals surface area contributed by atoms with Crippen LogP contribution in [0.2, 0.25) is 0 Å². The maximum atomic E-state index is 6.69. The summed E-state index contributed by atoms with van der Waals surface area (Å²) in [7, 11) is 0. The fraction of sp³-hybridized carbons (Fsp3) is 0.684. The summed E-state index contributed by atoms with van der Waals surface area (Å²) in [4.78, 5) is 2.55. The molecular formula is C19H34N2. The fourth-order valence-corrected chi connectivity index (χ4v) is 3.66. The quantitative estimate of drug-likeness (QED) is 0.744. The third kappa shape index (κ3) is 4.08. The number of hydrogen-bond acceptors (Lipinski definition) is 2. The van der Waals surface area contributed by atoms with Gasteiger partial charge in [0.15, 0.2) is 0 Å². The van der Waals surface area contributed by atoms with Crippen LogP contribution in [0.4, 0.5) is 0 Å². The molecule has 1 aromatic rings. The van der Waals surface area contributed by atoms with E-state index >= 15 is 0 Å². The topological polar surface area (TPSA) is 29.3 Å². The molecule has 1 aromatic carbocycles. The van der Waals surface area contributed by atoms with Crippen molar-refractivity contribution in [2.75, 3.05) is 13.1 Å². The van der Waals surface area contributed by atoms with Gasteiger partial charge in [-0.2, -0.15) is 0 Å². The van der Waals surface area contributed by atoms with E-state index in [9.17, 15) is 0 Å². The van der Waals surface area contributed by atoms with E-state index in [2.05, 4.69) is 63.8 Å². The highest BCUT2D eigenvalue weighted by atomic mass is 15.2. The predicted molar refractivity (Wildman–Crippen MR) is 93.7 cm³/mol. The van der Waals surface area contributed by atoms with Crippen molar-refractivity contribution in [1.29, 1.82) is 0 Å². The lowest BCUT2D eigenvalue weighted by Gasteiger charge is -2.46. The molecule has 0 aliphatic heterocycles. The zero-order chi connectivity index (χ0) is 15.9. The third-order valence-electron chi connectivity index (χ3n) is 5.19. The van der Waals surface area contributed by atoms with E-state index in [0.29, 0.717) is 0 Å². The molecular weight excluding hydrogens is 256 g/mol. The summed E-state index contributed by atoms with van der Waals surface area (Å²) in [5.41, 5.74) is 9.56. The highest BCUT2D eigenvalue weighted by molar-refractivity contribution is 5.24. The predicted octanol–water partition coefficient (Wildman–Crippen LogP) is 4.02. The molecule has 0 bridgehead atoms. The van der Waals surface area contributed by atoms with Crippen LogP contribution in [0.5, 0.6) is 0 Å². The van der Waals surface area contributed by atoms with Crippen LogP contribution in [0.1, 0.15) is 58.6 Å². The highest BCUT2D eigenvalue weighted by Gasteiger charge is 2.37. The zero-order valence-electron chi connectivity index (χ0n) is 14.7. The van der Waals surface area contributed by atoms with Crippen molar-refractivity contribution in [3.05, 3.63) is 35.4 Å². The molecule has 0 saturated carbocycles. The van der Waals surface area contributed by atoms with Crippen molar-refractivity contribution in [2.45, 2.75) is 71.9 Å². The lowest BCUT2D eigenvalue weighted by atomic mass is 9.80. The second kappa shape index (κ2) is 8.55. The van der Waals surface area contributed by atoms with Crippen LogP contribution in [-0.4, -0.2) is 29.6 Å². The largest absolute Gasteiger partial charge is 0.326 e. The average molecular weight is 290 g/mol. The first-order valence-corrected chi connectivity index (χ1v) is 8.66. The van der Waals surface area contributed by atoms with Crippen molar-refractivity contribution in [1.82, 2.24) is 4.90 Å². The number of rotatable bonds is 9. The smallest absolute Gasteiger partial charge is 0.0358 e. The summed E-state index contributed by atoms with van der Waals surface area (Å²) in [6, 6.07) is 9.14. The van der Waals surface area contributed by atoms with E-state index in [1.807, 2.05) is 0 Å². The summed E-state index contributed by atoms with van der Waals surface area (Å²) in [5.74, 6) is 0. The van der Waals surface area contributed by atoms with E-state index < -0.39 is 0 Å². The standard InChI is InChI=1S/C19H34N2/c1-6-16-11-13-17(14-12-16)15-18(20)19(7-2,8-3)21(9-4)10-5/h11-14,18H,6-10,15,20H2,1-5H3. The summed E-state index contributed by atoms with van der Waals surface area (Å²) in [6.45, 7) is 13.4. The molecule has 2 N–H and O–H groups in total. The summed E-state index contributed by atoms with van der Waals surface area (Å²) in [6.07, 6.45) is 4.28. The molecule has 120 valence electrons. The molecule has 0 heterocycles. The Morgan fingerprint density at radius 1 is 0.905 bits per heavy atom. The molecule has 0 saturated heterocycles. The molecule has 21 heavy (non-hydrogen) atoms. The SMILES string of the molecule is CCc1ccc(CC(N)C(CC)(CC)N(CC)CC)cc1. The van der Waals surface area contributed by atoms with Crippen molar-refractivity contribution >= 4 is 0 Å². The molecule has 2 heteroatoms. The van der Waals surface area contributed by atoms with E-state index in [4.69, 9.17) is 5.73 Å². The first kappa shape index (κ1) is 18.2. The van der Waals surface area contributed by atoms with Crippen molar-refractivity contribution < 1.29 is 0 Å². The lowest BCUT2D eigenvalue weighted by Crippen LogP contribution is -2.60. The Balaban J connectivity index is 2.92. The van der Waals surface area contributed by atoms with Gasteiger partial charge in [-0.3, -0.25) is 4.90 Å². The second-order valence-electron chi connectivity index (χ2n) is 5.96. The number of hydrogen-bond donors (Lipinski definition) is 1. The Hall–Kier alpha value is -0.860. The van der Waals surface area contributed by atoms with Crippen molar-refractivity contribution in [3.8, 4) is 0 Å². The van der Waals surface area contributed by atoms with Gasteiger partial charge < -0.3 is 5.73 Å². The second-order valence-corrected chi connectivity index (χ2v) is 5.96. The van der Waals surface area contributed by atoms with Gasteiger partial charge in [-0.05, 0) is 49.9 Å². The van der Waals surface area contributed by atoms with E-state index in [1.165, 1.54) is 11.1 Å². The maximum absolute atomic E-state index is 6.69. The highest BCUT2D eigenvalue weighted by Crippen LogP contribution is 2.29. The van der Waals surface area contributed by atoms with Gasteiger partial charge in [0, 0.05) is 11.6 Å². The number of likely N-dealkylation sites (N-methyl/N-ethyl adjacent to an activating group) is 1. The van der Waals surface area contributed by atoms with Crippen LogP contribution < -0.4 is 5.73 Å². The molecule has 0 aromatic heterocycles. The van der Waals surface area contributed by atoms with Gasteiger partial charge in [-0.1, -0.05) is 58.9 Å².